The van der Waals surface area contributed by atoms with Crippen molar-refractivity contribution in [1.82, 2.24) is 0 Å². The highest BCUT2D eigenvalue weighted by molar-refractivity contribution is 5.98. The highest BCUT2D eigenvalue weighted by Crippen LogP contribution is 2.38. The van der Waals surface area contributed by atoms with E-state index < -0.39 is 23.4 Å². The van der Waals surface area contributed by atoms with Crippen LogP contribution in [0.25, 0.3) is 0 Å². The zero-order valence-corrected chi connectivity index (χ0v) is 15.1. The summed E-state index contributed by atoms with van der Waals surface area (Å²) in [5.41, 5.74) is 6.90. The first-order valence-corrected chi connectivity index (χ1v) is 8.64. The molecule has 0 fully saturated rings. The van der Waals surface area contributed by atoms with Crippen LogP contribution in [0.1, 0.15) is 30.4 Å². The van der Waals surface area contributed by atoms with Gasteiger partial charge in [-0.1, -0.05) is 17.7 Å². The second-order valence-electron chi connectivity index (χ2n) is 6.55. The van der Waals surface area contributed by atoms with Crippen LogP contribution < -0.4 is 10.6 Å². The third-order valence-corrected chi connectivity index (χ3v) is 4.78. The number of primary amides is 1. The number of nitrogens with two attached hydrogens (primary N) is 1. The van der Waals surface area contributed by atoms with Crippen molar-refractivity contribution >= 4 is 17.4 Å². The maximum Gasteiger partial charge on any atom is 0.324 e. The van der Waals surface area contributed by atoms with Gasteiger partial charge in [-0.05, 0) is 60.9 Å². The number of halogens is 3. The van der Waals surface area contributed by atoms with Crippen molar-refractivity contribution in [3.63, 3.8) is 0 Å². The molecule has 0 radical (unpaired) electrons. The van der Waals surface area contributed by atoms with Crippen molar-refractivity contribution in [2.45, 2.75) is 25.9 Å². The molecule has 1 unspecified atom stereocenters. The summed E-state index contributed by atoms with van der Waals surface area (Å²) >= 11 is 0. The molecule has 0 saturated heterocycles. The van der Waals surface area contributed by atoms with Crippen LogP contribution >= 0.6 is 0 Å². The van der Waals surface area contributed by atoms with Gasteiger partial charge < -0.3 is 10.8 Å². The molecular formula is C21H19F3N2O2. The third-order valence-electron chi connectivity index (χ3n) is 4.78. The summed E-state index contributed by atoms with van der Waals surface area (Å²) in [6.45, 7) is 1.48. The third kappa shape index (κ3) is 3.66. The number of rotatable bonds is 4. The summed E-state index contributed by atoms with van der Waals surface area (Å²) in [6.07, 6.45) is 3.17. The molecular weight excluding hydrogens is 369 g/mol. The minimum Gasteiger partial charge on any atom is -0.392 e. The molecule has 2 aromatic carbocycles. The second kappa shape index (κ2) is 7.90. The van der Waals surface area contributed by atoms with Crippen LogP contribution in [0, 0.1) is 11.6 Å². The summed E-state index contributed by atoms with van der Waals surface area (Å²) < 4.78 is 42.0. The summed E-state index contributed by atoms with van der Waals surface area (Å²) in [4.78, 5) is 12.8. The molecule has 1 aliphatic rings. The number of urea groups is 1. The predicted molar refractivity (Wildman–Crippen MR) is 101 cm³/mol. The van der Waals surface area contributed by atoms with Crippen LogP contribution in [-0.4, -0.2) is 11.1 Å². The van der Waals surface area contributed by atoms with Gasteiger partial charge >= 0.3 is 6.03 Å². The largest absolute Gasteiger partial charge is 0.392 e. The molecule has 0 heterocycles. The molecule has 7 heteroatoms. The lowest BCUT2D eigenvalue weighted by atomic mass is 9.83. The molecule has 2 aromatic rings. The number of aliphatic hydroxyl groups excluding tert-OH is 1. The minimum atomic E-state index is -1.06. The zero-order chi connectivity index (χ0) is 20.4. The molecule has 1 atom stereocenters. The number of nitrogens with zero attached hydrogens (tertiary/aromatic N) is 1. The maximum absolute atomic E-state index is 14.3. The Morgan fingerprint density at radius 3 is 2.46 bits per heavy atom. The molecule has 2 amide bonds. The van der Waals surface area contributed by atoms with Gasteiger partial charge in [0.25, 0.3) is 0 Å². The van der Waals surface area contributed by atoms with Crippen LogP contribution in [0.2, 0.25) is 0 Å². The van der Waals surface area contributed by atoms with Crippen molar-refractivity contribution in [1.29, 1.82) is 0 Å². The molecule has 0 saturated carbocycles. The van der Waals surface area contributed by atoms with Crippen molar-refractivity contribution < 1.29 is 23.1 Å². The summed E-state index contributed by atoms with van der Waals surface area (Å²) in [5.74, 6) is -2.47. The minimum absolute atomic E-state index is 0.145. The number of carbonyl (C=O) groups excluding carboxylic acids is 1. The highest BCUT2D eigenvalue weighted by atomic mass is 19.1. The average Bonchev–Trinajstić information content (AvgIpc) is 2.64. The van der Waals surface area contributed by atoms with E-state index in [1.807, 2.05) is 0 Å². The standard InChI is InChI=1S/C21H19F3N2O2/c1-12-9-14(22)6-8-16(12)17-10-15(7-5-13(17)11-27)26(21(25)28)20-18(23)3-2-4-19(20)24/h2-7,9-10,16,27H,8,11H2,1H3,(H2,25,28). The van der Waals surface area contributed by atoms with Gasteiger partial charge in [-0.2, -0.15) is 0 Å². The first-order chi connectivity index (χ1) is 13.3. The summed E-state index contributed by atoms with van der Waals surface area (Å²) in [5, 5.41) is 9.70. The Balaban J connectivity index is 2.14. The van der Waals surface area contributed by atoms with Crippen molar-refractivity contribution in [2.24, 2.45) is 5.73 Å². The molecule has 0 spiro atoms. The summed E-state index contributed by atoms with van der Waals surface area (Å²) in [7, 11) is 0. The summed E-state index contributed by atoms with van der Waals surface area (Å²) in [6, 6.07) is 6.73. The number of aliphatic hydroxyl groups is 1. The first kappa shape index (κ1) is 19.7. The molecule has 3 N–H and O–H groups in total. The Labute approximate surface area is 160 Å². The van der Waals surface area contributed by atoms with Gasteiger partial charge in [0, 0.05) is 5.92 Å². The van der Waals surface area contributed by atoms with Crippen molar-refractivity contribution in [3.05, 3.63) is 82.7 Å². The van der Waals surface area contributed by atoms with E-state index >= 15 is 0 Å². The first-order valence-electron chi connectivity index (χ1n) is 8.64. The lowest BCUT2D eigenvalue weighted by molar-refractivity contribution is 0.255. The van der Waals surface area contributed by atoms with Crippen LogP contribution in [-0.2, 0) is 6.61 Å². The van der Waals surface area contributed by atoms with Gasteiger partial charge in [0.1, 0.15) is 23.1 Å². The van der Waals surface area contributed by atoms with E-state index in [0.29, 0.717) is 17.5 Å². The van der Waals surface area contributed by atoms with Gasteiger partial charge in [-0.25, -0.2) is 18.0 Å². The van der Waals surface area contributed by atoms with E-state index in [1.54, 1.807) is 19.1 Å². The number of para-hydroxylation sites is 1. The Hall–Kier alpha value is -3.06. The fourth-order valence-corrected chi connectivity index (χ4v) is 3.42. The van der Waals surface area contributed by atoms with Crippen LogP contribution in [0.3, 0.4) is 0 Å². The van der Waals surface area contributed by atoms with Gasteiger partial charge in [0.15, 0.2) is 0 Å². The Bertz CT molecular complexity index is 965. The monoisotopic (exact) mass is 388 g/mol. The van der Waals surface area contributed by atoms with E-state index in [9.17, 15) is 23.1 Å². The number of allylic oxidation sites excluding steroid dienone is 4. The second-order valence-corrected chi connectivity index (χ2v) is 6.55. The molecule has 0 aliphatic heterocycles. The lowest BCUT2D eigenvalue weighted by Crippen LogP contribution is -2.33. The van der Waals surface area contributed by atoms with E-state index in [1.165, 1.54) is 24.3 Å². The number of carbonyl (C=O) groups is 1. The van der Waals surface area contributed by atoms with Crippen LogP contribution in [0.4, 0.5) is 29.3 Å². The predicted octanol–water partition coefficient (Wildman–Crippen LogP) is 4.96. The van der Waals surface area contributed by atoms with Crippen LogP contribution in [0.15, 0.2) is 60.0 Å². The van der Waals surface area contributed by atoms with Crippen molar-refractivity contribution in [2.75, 3.05) is 4.90 Å². The highest BCUT2D eigenvalue weighted by Gasteiger charge is 2.26. The fourth-order valence-electron chi connectivity index (χ4n) is 3.42. The topological polar surface area (TPSA) is 66.6 Å². The van der Waals surface area contributed by atoms with Gasteiger partial charge in [0.05, 0.1) is 12.3 Å². The molecule has 0 aromatic heterocycles. The Kier molecular flexibility index (Phi) is 5.56. The number of anilines is 2. The molecule has 4 nitrogen and oxygen atoms in total. The molecule has 146 valence electrons. The number of hydrogen-bond acceptors (Lipinski definition) is 2. The number of amides is 2. The molecule has 28 heavy (non-hydrogen) atoms. The normalized spacial score (nSPS) is 16.4. The smallest absolute Gasteiger partial charge is 0.324 e. The van der Waals surface area contributed by atoms with E-state index in [0.717, 1.165) is 22.6 Å². The quantitative estimate of drug-likeness (QED) is 0.777. The van der Waals surface area contributed by atoms with Crippen molar-refractivity contribution in [3.8, 4) is 0 Å². The van der Waals surface area contributed by atoms with Gasteiger partial charge in [-0.15, -0.1) is 0 Å². The zero-order valence-electron chi connectivity index (χ0n) is 15.1. The van der Waals surface area contributed by atoms with E-state index in [-0.39, 0.29) is 24.0 Å². The Morgan fingerprint density at radius 2 is 1.89 bits per heavy atom. The number of hydrogen-bond donors (Lipinski definition) is 2. The average molecular weight is 388 g/mol. The fraction of sp³-hybridized carbons (Fsp3) is 0.190. The van der Waals surface area contributed by atoms with E-state index in [4.69, 9.17) is 5.73 Å². The SMILES string of the molecule is CC1=CC(F)=CCC1c1cc(N(C(N)=O)c2c(F)cccc2F)ccc1CO. The van der Waals surface area contributed by atoms with E-state index in [2.05, 4.69) is 0 Å². The molecule has 3 rings (SSSR count). The number of benzene rings is 2. The van der Waals surface area contributed by atoms with Gasteiger partial charge in [-0.3, -0.25) is 4.90 Å². The van der Waals surface area contributed by atoms with Gasteiger partial charge in [0.2, 0.25) is 0 Å². The molecule has 0 bridgehead atoms. The van der Waals surface area contributed by atoms with Crippen LogP contribution in [0.5, 0.6) is 0 Å². The lowest BCUT2D eigenvalue weighted by Gasteiger charge is -2.26. The maximum atomic E-state index is 14.3. The molecule has 1 aliphatic carbocycles. The Morgan fingerprint density at radius 1 is 1.21 bits per heavy atom.